The van der Waals surface area contributed by atoms with E-state index in [2.05, 4.69) is 26.8 Å². The van der Waals surface area contributed by atoms with Crippen LogP contribution in [0.4, 0.5) is 0 Å². The Hall–Kier alpha value is -2.39. The van der Waals surface area contributed by atoms with Gasteiger partial charge in [-0.2, -0.15) is 0 Å². The van der Waals surface area contributed by atoms with E-state index in [0.717, 1.165) is 3.79 Å². The number of fused-ring (bicyclic) bond motifs is 1. The standard InChI is InChI=1S/C14H10BrN3O4S/c15-11-6-5-10(23-11)13(20)17-16-12(19)7-18-8-3-1-2-4-9(8)22-14(18)21/h1-6H,7H2,(H,16,19)(H,17,20). The van der Waals surface area contributed by atoms with Gasteiger partial charge in [0.25, 0.3) is 11.8 Å². The van der Waals surface area contributed by atoms with E-state index in [1.165, 1.54) is 15.9 Å². The van der Waals surface area contributed by atoms with Crippen molar-refractivity contribution in [2.45, 2.75) is 6.54 Å². The number of amides is 2. The lowest BCUT2D eigenvalue weighted by atomic mass is 10.3. The summed E-state index contributed by atoms with van der Waals surface area (Å²) in [4.78, 5) is 35.9. The number of para-hydroxylation sites is 2. The van der Waals surface area contributed by atoms with Crippen molar-refractivity contribution in [3.8, 4) is 0 Å². The summed E-state index contributed by atoms with van der Waals surface area (Å²) >= 11 is 4.49. The summed E-state index contributed by atoms with van der Waals surface area (Å²) in [7, 11) is 0. The Kier molecular flexibility index (Phi) is 4.30. The predicted octanol–water partition coefficient (Wildman–Crippen LogP) is 1.88. The molecule has 118 valence electrons. The second-order valence-electron chi connectivity index (χ2n) is 4.53. The fraction of sp³-hybridized carbons (Fsp3) is 0.0714. The molecule has 0 aliphatic rings. The molecular formula is C14H10BrN3O4S. The maximum Gasteiger partial charge on any atom is 0.420 e. The second-order valence-corrected chi connectivity index (χ2v) is 6.99. The number of hydrogen-bond donors (Lipinski definition) is 2. The number of oxazole rings is 1. The van der Waals surface area contributed by atoms with E-state index in [-0.39, 0.29) is 6.54 Å². The topological polar surface area (TPSA) is 93.3 Å². The third kappa shape index (κ3) is 3.35. The molecule has 2 heterocycles. The van der Waals surface area contributed by atoms with E-state index in [4.69, 9.17) is 4.42 Å². The maximum atomic E-state index is 11.9. The Balaban J connectivity index is 1.66. The molecule has 0 aliphatic heterocycles. The molecule has 0 saturated carbocycles. The van der Waals surface area contributed by atoms with E-state index >= 15 is 0 Å². The number of hydrogen-bond acceptors (Lipinski definition) is 5. The van der Waals surface area contributed by atoms with Crippen molar-refractivity contribution >= 4 is 50.2 Å². The highest BCUT2D eigenvalue weighted by Gasteiger charge is 2.14. The van der Waals surface area contributed by atoms with Crippen LogP contribution < -0.4 is 16.6 Å². The van der Waals surface area contributed by atoms with E-state index in [1.54, 1.807) is 36.4 Å². The van der Waals surface area contributed by atoms with Gasteiger partial charge in [-0.3, -0.25) is 25.0 Å². The Bertz CT molecular complexity index is 943. The summed E-state index contributed by atoms with van der Waals surface area (Å²) < 4.78 is 7.04. The maximum absolute atomic E-state index is 11.9. The number of thiophene rings is 1. The zero-order valence-electron chi connectivity index (χ0n) is 11.5. The molecule has 2 N–H and O–H groups in total. The minimum atomic E-state index is -0.630. The predicted molar refractivity (Wildman–Crippen MR) is 88.1 cm³/mol. The first kappa shape index (κ1) is 15.5. The van der Waals surface area contributed by atoms with Crippen LogP contribution in [0.2, 0.25) is 0 Å². The van der Waals surface area contributed by atoms with Crippen LogP contribution in [0.15, 0.2) is 49.4 Å². The van der Waals surface area contributed by atoms with E-state index in [9.17, 15) is 14.4 Å². The lowest BCUT2D eigenvalue weighted by Crippen LogP contribution is -2.43. The molecule has 23 heavy (non-hydrogen) atoms. The fourth-order valence-electron chi connectivity index (χ4n) is 1.97. The first-order valence-electron chi connectivity index (χ1n) is 6.47. The molecule has 0 saturated heterocycles. The van der Waals surface area contributed by atoms with E-state index in [0.29, 0.717) is 16.0 Å². The van der Waals surface area contributed by atoms with Gasteiger partial charge in [0.2, 0.25) is 0 Å². The lowest BCUT2D eigenvalue weighted by molar-refractivity contribution is -0.122. The zero-order chi connectivity index (χ0) is 16.4. The van der Waals surface area contributed by atoms with Crippen LogP contribution in [0.25, 0.3) is 11.1 Å². The number of aromatic nitrogens is 1. The molecule has 9 heteroatoms. The molecule has 0 radical (unpaired) electrons. The number of nitrogens with zero attached hydrogens (tertiary/aromatic N) is 1. The van der Waals surface area contributed by atoms with Gasteiger partial charge >= 0.3 is 5.76 Å². The zero-order valence-corrected chi connectivity index (χ0v) is 13.9. The van der Waals surface area contributed by atoms with Crippen LogP contribution in [0, 0.1) is 0 Å². The van der Waals surface area contributed by atoms with Gasteiger partial charge in [-0.05, 0) is 40.2 Å². The summed E-state index contributed by atoms with van der Waals surface area (Å²) in [5.41, 5.74) is 5.48. The molecule has 0 aliphatic carbocycles. The summed E-state index contributed by atoms with van der Waals surface area (Å²) in [5.74, 6) is -1.60. The molecule has 7 nitrogen and oxygen atoms in total. The average molecular weight is 396 g/mol. The van der Waals surface area contributed by atoms with Crippen molar-refractivity contribution in [3.63, 3.8) is 0 Å². The first-order chi connectivity index (χ1) is 11.0. The molecule has 0 fully saturated rings. The SMILES string of the molecule is O=C(Cn1c(=O)oc2ccccc21)NNC(=O)c1ccc(Br)s1. The quantitative estimate of drug-likeness (QED) is 0.662. The number of benzene rings is 1. The minimum Gasteiger partial charge on any atom is -0.408 e. The summed E-state index contributed by atoms with van der Waals surface area (Å²) in [6.45, 7) is -0.260. The molecule has 0 unspecified atom stereocenters. The highest BCUT2D eigenvalue weighted by Crippen LogP contribution is 2.21. The van der Waals surface area contributed by atoms with Gasteiger partial charge in [0, 0.05) is 0 Å². The Morgan fingerprint density at radius 1 is 1.17 bits per heavy atom. The number of carbonyl (C=O) groups excluding carboxylic acids is 2. The number of halogens is 1. The van der Waals surface area contributed by atoms with Crippen molar-refractivity contribution in [1.29, 1.82) is 0 Å². The number of hydrazine groups is 1. The van der Waals surface area contributed by atoms with Crippen LogP contribution in [-0.2, 0) is 11.3 Å². The normalized spacial score (nSPS) is 10.7. The molecule has 1 aromatic carbocycles. The Morgan fingerprint density at radius 2 is 1.96 bits per heavy atom. The van der Waals surface area contributed by atoms with Crippen LogP contribution in [0.3, 0.4) is 0 Å². The Morgan fingerprint density at radius 3 is 2.70 bits per heavy atom. The van der Waals surface area contributed by atoms with Crippen LogP contribution in [0.5, 0.6) is 0 Å². The molecule has 3 rings (SSSR count). The van der Waals surface area contributed by atoms with Gasteiger partial charge in [0.1, 0.15) is 6.54 Å². The van der Waals surface area contributed by atoms with Gasteiger partial charge < -0.3 is 4.42 Å². The smallest absolute Gasteiger partial charge is 0.408 e. The second kappa shape index (κ2) is 6.39. The van der Waals surface area contributed by atoms with Crippen LogP contribution in [0.1, 0.15) is 9.67 Å². The molecule has 0 atom stereocenters. The van der Waals surface area contributed by atoms with Crippen molar-refractivity contribution in [2.75, 3.05) is 0 Å². The molecule has 0 spiro atoms. The van der Waals surface area contributed by atoms with Crippen molar-refractivity contribution in [3.05, 3.63) is 55.6 Å². The van der Waals surface area contributed by atoms with Gasteiger partial charge in [-0.1, -0.05) is 12.1 Å². The molecule has 0 bridgehead atoms. The third-order valence-electron chi connectivity index (χ3n) is 2.99. The summed E-state index contributed by atoms with van der Waals surface area (Å²) in [5, 5.41) is 0. The highest BCUT2D eigenvalue weighted by atomic mass is 79.9. The average Bonchev–Trinajstić information content (AvgIpc) is 3.09. The summed E-state index contributed by atoms with van der Waals surface area (Å²) in [6.07, 6.45) is 0. The van der Waals surface area contributed by atoms with Crippen molar-refractivity contribution in [1.82, 2.24) is 15.4 Å². The van der Waals surface area contributed by atoms with Gasteiger partial charge in [0.15, 0.2) is 5.58 Å². The molecule has 2 aromatic heterocycles. The lowest BCUT2D eigenvalue weighted by Gasteiger charge is -2.06. The highest BCUT2D eigenvalue weighted by molar-refractivity contribution is 9.11. The number of nitrogens with one attached hydrogen (secondary N) is 2. The minimum absolute atomic E-state index is 0.260. The number of carbonyl (C=O) groups is 2. The number of rotatable bonds is 3. The molecule has 3 aromatic rings. The fourth-order valence-corrected chi connectivity index (χ4v) is 3.25. The van der Waals surface area contributed by atoms with Crippen molar-refractivity contribution < 1.29 is 14.0 Å². The Labute approximate surface area is 142 Å². The monoisotopic (exact) mass is 395 g/mol. The first-order valence-corrected chi connectivity index (χ1v) is 8.08. The van der Waals surface area contributed by atoms with E-state index in [1.807, 2.05) is 0 Å². The molecule has 2 amide bonds. The van der Waals surface area contributed by atoms with Crippen LogP contribution in [-0.4, -0.2) is 16.4 Å². The van der Waals surface area contributed by atoms with E-state index < -0.39 is 17.6 Å². The van der Waals surface area contributed by atoms with Gasteiger partial charge in [0.05, 0.1) is 14.2 Å². The van der Waals surface area contributed by atoms with Crippen molar-refractivity contribution in [2.24, 2.45) is 0 Å². The van der Waals surface area contributed by atoms with Gasteiger partial charge in [-0.25, -0.2) is 4.79 Å². The summed E-state index contributed by atoms with van der Waals surface area (Å²) in [6, 6.07) is 10.1. The van der Waals surface area contributed by atoms with Crippen LogP contribution >= 0.6 is 27.3 Å². The van der Waals surface area contributed by atoms with Gasteiger partial charge in [-0.15, -0.1) is 11.3 Å². The molecular weight excluding hydrogens is 386 g/mol. The largest absolute Gasteiger partial charge is 0.420 e. The third-order valence-corrected chi connectivity index (χ3v) is 4.61.